The van der Waals surface area contributed by atoms with Gasteiger partial charge in [-0.2, -0.15) is 5.26 Å². The van der Waals surface area contributed by atoms with Crippen molar-refractivity contribution in [1.29, 1.82) is 5.26 Å². The molecule has 7 heteroatoms. The van der Waals surface area contributed by atoms with E-state index in [4.69, 9.17) is 16.9 Å². The average molecular weight is 355 g/mol. The summed E-state index contributed by atoms with van der Waals surface area (Å²) in [4.78, 5) is 23.5. The summed E-state index contributed by atoms with van der Waals surface area (Å²) in [6.45, 7) is 0.119. The SMILES string of the molecule is Cn1c(=O)cc(Cl)n(Cc2cc(Br)ccc2C#N)c1=O. The minimum atomic E-state index is -0.522. The molecule has 1 aromatic heterocycles. The van der Waals surface area contributed by atoms with Gasteiger partial charge in [-0.1, -0.05) is 27.5 Å². The van der Waals surface area contributed by atoms with E-state index in [0.717, 1.165) is 9.04 Å². The van der Waals surface area contributed by atoms with E-state index in [2.05, 4.69) is 22.0 Å². The first kappa shape index (κ1) is 14.6. The van der Waals surface area contributed by atoms with Gasteiger partial charge in [-0.05, 0) is 23.8 Å². The number of rotatable bonds is 2. The smallest absolute Gasteiger partial charge is 0.279 e. The number of aromatic nitrogens is 2. The van der Waals surface area contributed by atoms with Gasteiger partial charge in [0.1, 0.15) is 5.15 Å². The minimum absolute atomic E-state index is 0.0435. The lowest BCUT2D eigenvalue weighted by Gasteiger charge is -2.11. The maximum Gasteiger partial charge on any atom is 0.332 e. The molecule has 0 saturated heterocycles. The van der Waals surface area contributed by atoms with Crippen LogP contribution in [0.15, 0.2) is 38.3 Å². The van der Waals surface area contributed by atoms with E-state index in [0.29, 0.717) is 11.1 Å². The topological polar surface area (TPSA) is 67.8 Å². The molecule has 1 heterocycles. The van der Waals surface area contributed by atoms with E-state index in [-0.39, 0.29) is 11.7 Å². The Balaban J connectivity index is 2.60. The van der Waals surface area contributed by atoms with Crippen LogP contribution in [0.5, 0.6) is 0 Å². The van der Waals surface area contributed by atoms with Gasteiger partial charge in [0.15, 0.2) is 0 Å². The van der Waals surface area contributed by atoms with E-state index in [1.807, 2.05) is 0 Å². The third-order valence-corrected chi connectivity index (χ3v) is 3.67. The second-order valence-corrected chi connectivity index (χ2v) is 5.45. The summed E-state index contributed by atoms with van der Waals surface area (Å²) < 4.78 is 3.00. The number of hydrogen-bond acceptors (Lipinski definition) is 3. The molecular formula is C13H9BrClN3O2. The van der Waals surface area contributed by atoms with Gasteiger partial charge in [0, 0.05) is 17.6 Å². The summed E-state index contributed by atoms with van der Waals surface area (Å²) in [5.74, 6) is 0. The van der Waals surface area contributed by atoms with E-state index < -0.39 is 11.2 Å². The molecule has 20 heavy (non-hydrogen) atoms. The first-order valence-electron chi connectivity index (χ1n) is 5.59. The highest BCUT2D eigenvalue weighted by atomic mass is 79.9. The molecule has 2 aromatic rings. The molecule has 0 N–H and O–H groups in total. The van der Waals surface area contributed by atoms with E-state index in [1.165, 1.54) is 17.7 Å². The van der Waals surface area contributed by atoms with Gasteiger partial charge in [0.25, 0.3) is 5.56 Å². The van der Waals surface area contributed by atoms with Crippen LogP contribution in [0.2, 0.25) is 5.15 Å². The highest BCUT2D eigenvalue weighted by molar-refractivity contribution is 9.10. The quantitative estimate of drug-likeness (QED) is 0.773. The van der Waals surface area contributed by atoms with Gasteiger partial charge in [0.2, 0.25) is 0 Å². The van der Waals surface area contributed by atoms with Crippen molar-refractivity contribution in [1.82, 2.24) is 9.13 Å². The van der Waals surface area contributed by atoms with Crippen LogP contribution < -0.4 is 11.2 Å². The van der Waals surface area contributed by atoms with Crippen molar-refractivity contribution in [3.05, 3.63) is 65.9 Å². The molecule has 0 radical (unpaired) electrons. The first-order chi connectivity index (χ1) is 9.43. The fraction of sp³-hybridized carbons (Fsp3) is 0.154. The van der Waals surface area contributed by atoms with Crippen LogP contribution in [-0.4, -0.2) is 9.13 Å². The second kappa shape index (κ2) is 5.65. The predicted octanol–water partition coefficient (Wildman–Crippen LogP) is 1.88. The Morgan fingerprint density at radius 2 is 2.05 bits per heavy atom. The maximum atomic E-state index is 12.0. The Morgan fingerprint density at radius 1 is 1.35 bits per heavy atom. The minimum Gasteiger partial charge on any atom is -0.279 e. The Kier molecular flexibility index (Phi) is 4.12. The third kappa shape index (κ3) is 2.69. The zero-order chi connectivity index (χ0) is 14.9. The van der Waals surface area contributed by atoms with Gasteiger partial charge in [-0.3, -0.25) is 13.9 Å². The Morgan fingerprint density at radius 3 is 2.70 bits per heavy atom. The predicted molar refractivity (Wildman–Crippen MR) is 78.9 cm³/mol. The van der Waals surface area contributed by atoms with E-state index >= 15 is 0 Å². The van der Waals surface area contributed by atoms with Crippen LogP contribution in [0, 0.1) is 11.3 Å². The summed E-state index contributed by atoms with van der Waals surface area (Å²) in [5.41, 5.74) is 0.104. The molecule has 0 atom stereocenters. The molecule has 0 aliphatic carbocycles. The molecule has 0 unspecified atom stereocenters. The number of nitriles is 1. The molecule has 0 saturated carbocycles. The first-order valence-corrected chi connectivity index (χ1v) is 6.76. The molecular weight excluding hydrogens is 346 g/mol. The fourth-order valence-corrected chi connectivity index (χ4v) is 2.39. The number of nitrogens with zero attached hydrogens (tertiary/aromatic N) is 3. The van der Waals surface area contributed by atoms with Crippen molar-refractivity contribution in [2.75, 3.05) is 0 Å². The average Bonchev–Trinajstić information content (AvgIpc) is 2.41. The zero-order valence-corrected chi connectivity index (χ0v) is 12.8. The van der Waals surface area contributed by atoms with Crippen LogP contribution in [0.25, 0.3) is 0 Å². The van der Waals surface area contributed by atoms with E-state index in [9.17, 15) is 9.59 Å². The number of halogens is 2. The number of hydrogen-bond donors (Lipinski definition) is 0. The van der Waals surface area contributed by atoms with Crippen LogP contribution in [0.4, 0.5) is 0 Å². The molecule has 0 fully saturated rings. The monoisotopic (exact) mass is 353 g/mol. The van der Waals surface area contributed by atoms with Crippen molar-refractivity contribution in [2.24, 2.45) is 7.05 Å². The summed E-state index contributed by atoms with van der Waals surface area (Å²) in [5, 5.41) is 9.13. The summed E-state index contributed by atoms with van der Waals surface area (Å²) >= 11 is 9.26. The van der Waals surface area contributed by atoms with Crippen LogP contribution in [0.1, 0.15) is 11.1 Å². The van der Waals surface area contributed by atoms with Crippen LogP contribution in [-0.2, 0) is 13.6 Å². The van der Waals surface area contributed by atoms with Gasteiger partial charge in [-0.15, -0.1) is 0 Å². The van der Waals surface area contributed by atoms with Gasteiger partial charge in [0.05, 0.1) is 18.2 Å². The lowest BCUT2D eigenvalue weighted by molar-refractivity contribution is 0.646. The fourth-order valence-electron chi connectivity index (χ4n) is 1.76. The van der Waals surface area contributed by atoms with Crippen molar-refractivity contribution in [2.45, 2.75) is 6.54 Å². The Hall–Kier alpha value is -1.84. The second-order valence-electron chi connectivity index (χ2n) is 4.15. The lowest BCUT2D eigenvalue weighted by Crippen LogP contribution is -2.38. The molecule has 0 bridgehead atoms. The van der Waals surface area contributed by atoms with Crippen molar-refractivity contribution in [3.8, 4) is 6.07 Å². The maximum absolute atomic E-state index is 12.0. The normalized spacial score (nSPS) is 10.3. The van der Waals surface area contributed by atoms with Crippen molar-refractivity contribution in [3.63, 3.8) is 0 Å². The van der Waals surface area contributed by atoms with E-state index in [1.54, 1.807) is 18.2 Å². The third-order valence-electron chi connectivity index (χ3n) is 2.87. The molecule has 2 rings (SSSR count). The Bertz CT molecular complexity index is 833. The zero-order valence-electron chi connectivity index (χ0n) is 10.4. The summed E-state index contributed by atoms with van der Waals surface area (Å²) in [6, 6.07) is 8.37. The van der Waals surface area contributed by atoms with Gasteiger partial charge >= 0.3 is 5.69 Å². The molecule has 0 amide bonds. The molecule has 102 valence electrons. The molecule has 5 nitrogen and oxygen atoms in total. The molecule has 0 spiro atoms. The highest BCUT2D eigenvalue weighted by Gasteiger charge is 2.10. The highest BCUT2D eigenvalue weighted by Crippen LogP contribution is 2.18. The van der Waals surface area contributed by atoms with Gasteiger partial charge in [-0.25, -0.2) is 4.79 Å². The molecule has 0 aliphatic heterocycles. The summed E-state index contributed by atoms with van der Waals surface area (Å²) in [7, 11) is 1.38. The molecule has 1 aromatic carbocycles. The Labute approximate surface area is 127 Å². The standard InChI is InChI=1S/C13H9BrClN3O2/c1-17-12(19)5-11(15)18(13(17)20)7-9-4-10(14)3-2-8(9)6-16/h2-5H,7H2,1H3. The summed E-state index contributed by atoms with van der Waals surface area (Å²) in [6.07, 6.45) is 0. The largest absolute Gasteiger partial charge is 0.332 e. The van der Waals surface area contributed by atoms with Crippen molar-refractivity contribution >= 4 is 27.5 Å². The van der Waals surface area contributed by atoms with Gasteiger partial charge < -0.3 is 0 Å². The molecule has 0 aliphatic rings. The number of benzene rings is 1. The van der Waals surface area contributed by atoms with Crippen LogP contribution in [0.3, 0.4) is 0 Å². The lowest BCUT2D eigenvalue weighted by atomic mass is 10.1. The van der Waals surface area contributed by atoms with Crippen LogP contribution >= 0.6 is 27.5 Å². The van der Waals surface area contributed by atoms with Crippen molar-refractivity contribution < 1.29 is 0 Å².